The van der Waals surface area contributed by atoms with Crippen LogP contribution in [-0.4, -0.2) is 18.3 Å². The van der Waals surface area contributed by atoms with Crippen LogP contribution < -0.4 is 0 Å². The number of hydrogen-bond donors (Lipinski definition) is 0. The van der Waals surface area contributed by atoms with Crippen LogP contribution in [0.4, 0.5) is 13.2 Å². The molecule has 0 amide bonds. The Morgan fingerprint density at radius 1 is 1.43 bits per heavy atom. The molecule has 5 heteroatoms. The van der Waals surface area contributed by atoms with E-state index in [2.05, 4.69) is 4.99 Å². The van der Waals surface area contributed by atoms with Gasteiger partial charge in [-0.3, -0.25) is 0 Å². The molecule has 1 aliphatic rings. The molecule has 0 fully saturated rings. The summed E-state index contributed by atoms with van der Waals surface area (Å²) in [6, 6.07) is -1.22. The van der Waals surface area contributed by atoms with Gasteiger partial charge in [0.05, 0.1) is 6.04 Å². The maximum absolute atomic E-state index is 12.6. The molecule has 0 spiro atoms. The van der Waals surface area contributed by atoms with E-state index in [1.54, 1.807) is 0 Å². The third kappa shape index (κ3) is 1.63. The summed E-state index contributed by atoms with van der Waals surface area (Å²) in [6.07, 6.45) is 1.68. The van der Waals surface area contributed by atoms with E-state index in [4.69, 9.17) is 0 Å². The molecule has 0 aromatic carbocycles. The molecule has 0 radical (unpaired) electrons. The number of carbonyl (C=O) groups excluding carboxylic acids is 1. The highest BCUT2D eigenvalue weighted by Gasteiger charge is 2.54. The summed E-state index contributed by atoms with van der Waals surface area (Å²) >= 11 is 0. The zero-order chi connectivity index (χ0) is 10.8. The van der Waals surface area contributed by atoms with Crippen LogP contribution in [0, 0.1) is 5.41 Å². The van der Waals surface area contributed by atoms with Gasteiger partial charge in [-0.2, -0.15) is 18.2 Å². The average molecular weight is 203 g/mol. The molecular weight excluding hydrogens is 195 g/mol. The van der Waals surface area contributed by atoms with Crippen LogP contribution in [0.2, 0.25) is 0 Å². The van der Waals surface area contributed by atoms with E-state index < -0.39 is 17.6 Å². The topological polar surface area (TPSA) is 29.4 Å². The van der Waals surface area contributed by atoms with Crippen LogP contribution in [0.15, 0.2) is 29.3 Å². The highest BCUT2D eigenvalue weighted by atomic mass is 19.4. The molecule has 14 heavy (non-hydrogen) atoms. The number of nitrogens with zero attached hydrogens (tertiary/aromatic N) is 1. The fraction of sp³-hybridized carbons (Fsp3) is 0.444. The predicted octanol–water partition coefficient (Wildman–Crippen LogP) is 2.39. The molecule has 0 aromatic heterocycles. The third-order valence-corrected chi connectivity index (χ3v) is 2.26. The summed E-state index contributed by atoms with van der Waals surface area (Å²) in [4.78, 5) is 13.1. The molecule has 0 saturated heterocycles. The lowest BCUT2D eigenvalue weighted by Gasteiger charge is -2.33. The van der Waals surface area contributed by atoms with Crippen molar-refractivity contribution in [3.05, 3.63) is 24.3 Å². The lowest BCUT2D eigenvalue weighted by atomic mass is 9.79. The van der Waals surface area contributed by atoms with Gasteiger partial charge in [0.15, 0.2) is 0 Å². The molecule has 0 bridgehead atoms. The van der Waals surface area contributed by atoms with Gasteiger partial charge >= 0.3 is 6.18 Å². The van der Waals surface area contributed by atoms with Gasteiger partial charge in [0.1, 0.15) is 5.41 Å². The van der Waals surface area contributed by atoms with Crippen LogP contribution in [0.1, 0.15) is 6.92 Å². The third-order valence-electron chi connectivity index (χ3n) is 2.26. The molecule has 76 valence electrons. The maximum atomic E-state index is 12.6. The molecule has 1 rings (SSSR count). The zero-order valence-electron chi connectivity index (χ0n) is 7.38. The second kappa shape index (κ2) is 3.42. The summed E-state index contributed by atoms with van der Waals surface area (Å²) < 4.78 is 37.9. The smallest absolute Gasteiger partial charge is 0.211 e. The van der Waals surface area contributed by atoms with E-state index in [0.717, 1.165) is 19.1 Å². The Labute approximate surface area is 78.8 Å². The summed E-state index contributed by atoms with van der Waals surface area (Å²) in [6.45, 7) is 0.999. The van der Waals surface area contributed by atoms with Crippen LogP contribution in [0.25, 0.3) is 0 Å². The van der Waals surface area contributed by atoms with Crippen molar-refractivity contribution < 1.29 is 18.0 Å². The highest BCUT2D eigenvalue weighted by molar-refractivity contribution is 5.37. The number of halogens is 3. The molecule has 0 saturated carbocycles. The van der Waals surface area contributed by atoms with Gasteiger partial charge in [0.25, 0.3) is 0 Å². The SMILES string of the molecule is CC1(C(F)(F)F)C=CC=CC1N=C=O. The van der Waals surface area contributed by atoms with Gasteiger partial charge in [-0.05, 0) is 6.92 Å². The minimum atomic E-state index is -4.43. The van der Waals surface area contributed by atoms with Gasteiger partial charge < -0.3 is 0 Å². The molecule has 0 N–H and O–H groups in total. The van der Waals surface area contributed by atoms with Crippen molar-refractivity contribution in [1.29, 1.82) is 0 Å². The summed E-state index contributed by atoms with van der Waals surface area (Å²) in [5.41, 5.74) is -2.11. The van der Waals surface area contributed by atoms with Gasteiger partial charge in [0.2, 0.25) is 6.08 Å². The maximum Gasteiger partial charge on any atom is 0.399 e. The first-order valence-electron chi connectivity index (χ1n) is 3.91. The van der Waals surface area contributed by atoms with Crippen molar-refractivity contribution in [3.63, 3.8) is 0 Å². The molecule has 2 atom stereocenters. The number of rotatable bonds is 1. The van der Waals surface area contributed by atoms with E-state index >= 15 is 0 Å². The molecule has 0 aliphatic heterocycles. The number of aliphatic imine (C=N–C) groups is 1. The highest BCUT2D eigenvalue weighted by Crippen LogP contribution is 2.44. The largest absolute Gasteiger partial charge is 0.399 e. The summed E-state index contributed by atoms with van der Waals surface area (Å²) in [5, 5.41) is 0. The van der Waals surface area contributed by atoms with Crippen LogP contribution >= 0.6 is 0 Å². The fourth-order valence-corrected chi connectivity index (χ4v) is 1.22. The molecule has 0 aromatic rings. The number of allylic oxidation sites excluding steroid dienone is 2. The Kier molecular flexibility index (Phi) is 2.62. The van der Waals surface area contributed by atoms with Gasteiger partial charge in [-0.25, -0.2) is 4.79 Å². The molecule has 0 heterocycles. The second-order valence-electron chi connectivity index (χ2n) is 3.19. The van der Waals surface area contributed by atoms with Gasteiger partial charge in [0, 0.05) is 0 Å². The molecule has 1 aliphatic carbocycles. The van der Waals surface area contributed by atoms with Crippen molar-refractivity contribution in [2.75, 3.05) is 0 Å². The lowest BCUT2D eigenvalue weighted by Crippen LogP contribution is -2.42. The lowest BCUT2D eigenvalue weighted by molar-refractivity contribution is -0.202. The molecule has 2 nitrogen and oxygen atoms in total. The monoisotopic (exact) mass is 203 g/mol. The van der Waals surface area contributed by atoms with Gasteiger partial charge in [-0.15, -0.1) is 0 Å². The van der Waals surface area contributed by atoms with E-state index in [9.17, 15) is 18.0 Å². The predicted molar refractivity (Wildman–Crippen MR) is 44.4 cm³/mol. The minimum absolute atomic E-state index is 0.999. The van der Waals surface area contributed by atoms with Crippen molar-refractivity contribution >= 4 is 6.08 Å². The number of alkyl halides is 3. The number of hydrogen-bond acceptors (Lipinski definition) is 2. The van der Waals surface area contributed by atoms with Crippen LogP contribution in [-0.2, 0) is 4.79 Å². The summed E-state index contributed by atoms with van der Waals surface area (Å²) in [5.74, 6) is 0. The van der Waals surface area contributed by atoms with Crippen molar-refractivity contribution in [1.82, 2.24) is 0 Å². The molecule has 2 unspecified atom stereocenters. The van der Waals surface area contributed by atoms with Crippen LogP contribution in [0.3, 0.4) is 0 Å². The van der Waals surface area contributed by atoms with Gasteiger partial charge in [-0.1, -0.05) is 24.3 Å². The molecular formula is C9H8F3NO. The van der Waals surface area contributed by atoms with Crippen molar-refractivity contribution in [2.24, 2.45) is 10.4 Å². The second-order valence-corrected chi connectivity index (χ2v) is 3.19. The first-order chi connectivity index (χ1) is 6.42. The first kappa shape index (κ1) is 10.7. The minimum Gasteiger partial charge on any atom is -0.211 e. The van der Waals surface area contributed by atoms with E-state index in [0.29, 0.717) is 0 Å². The van der Waals surface area contributed by atoms with Crippen LogP contribution in [0.5, 0.6) is 0 Å². The normalized spacial score (nSPS) is 31.3. The average Bonchev–Trinajstić information content (AvgIpc) is 2.07. The Bertz CT molecular complexity index is 325. The van der Waals surface area contributed by atoms with Crippen molar-refractivity contribution in [2.45, 2.75) is 19.1 Å². The quantitative estimate of drug-likeness (QED) is 0.475. The fourth-order valence-electron chi connectivity index (χ4n) is 1.22. The Balaban J connectivity index is 3.12. The van der Waals surface area contributed by atoms with E-state index in [-0.39, 0.29) is 0 Å². The zero-order valence-corrected chi connectivity index (χ0v) is 7.38. The standard InChI is InChI=1S/C9H8F3NO/c1-8(9(10,11)12)5-3-2-4-7(8)13-6-14/h2-5,7H,1H3. The Morgan fingerprint density at radius 3 is 2.57 bits per heavy atom. The van der Waals surface area contributed by atoms with E-state index in [1.165, 1.54) is 18.2 Å². The number of isocyanates is 1. The summed E-state index contributed by atoms with van der Waals surface area (Å²) in [7, 11) is 0. The Morgan fingerprint density at radius 2 is 2.07 bits per heavy atom. The Hall–Kier alpha value is -1.35. The van der Waals surface area contributed by atoms with E-state index in [1.807, 2.05) is 0 Å². The van der Waals surface area contributed by atoms with Crippen molar-refractivity contribution in [3.8, 4) is 0 Å². The first-order valence-corrected chi connectivity index (χ1v) is 3.91.